The fourth-order valence-electron chi connectivity index (χ4n) is 2.53. The zero-order valence-electron chi connectivity index (χ0n) is 16.1. The van der Waals surface area contributed by atoms with E-state index in [4.69, 9.17) is 31.5 Å². The van der Waals surface area contributed by atoms with Gasteiger partial charge in [0.2, 0.25) is 0 Å². The van der Waals surface area contributed by atoms with Gasteiger partial charge >= 0.3 is 0 Å². The molecule has 0 radical (unpaired) electrons. The van der Waals surface area contributed by atoms with Crippen molar-refractivity contribution in [1.82, 2.24) is 5.32 Å². The highest BCUT2D eigenvalue weighted by atomic mass is 35.5. The Morgan fingerprint density at radius 2 is 2.15 bits per heavy atom. The first-order valence-corrected chi connectivity index (χ1v) is 9.06. The number of fused-ring (bicyclic) bond motifs is 1. The number of anilines is 1. The minimum absolute atomic E-state index is 0.143. The van der Waals surface area contributed by atoms with Crippen LogP contribution in [0.2, 0.25) is 5.02 Å². The quantitative estimate of drug-likeness (QED) is 0.339. The van der Waals surface area contributed by atoms with Gasteiger partial charge in [-0.15, -0.1) is 0 Å². The highest BCUT2D eigenvalue weighted by Crippen LogP contribution is 2.40. The van der Waals surface area contributed by atoms with Crippen LogP contribution in [0.15, 0.2) is 35.5 Å². The zero-order valence-corrected chi connectivity index (χ0v) is 16.8. The Morgan fingerprint density at radius 1 is 1.37 bits per heavy atom. The standard InChI is InChI=1S/C19H27ClN4O3/c1-12(2)23-16(21)7-8-22-17-11-15(26-4)13-5-6-14(27-10-9-25-3)18(20)19(13)24-17/h5-8,11-12,17,22,24H,9-10H2,1-4H3,(H2,21,23)/b8-7-. The average Bonchev–Trinajstić information content (AvgIpc) is 2.63. The van der Waals surface area contributed by atoms with Crippen LogP contribution in [0.5, 0.6) is 5.75 Å². The molecular formula is C19H27ClN4O3. The van der Waals surface area contributed by atoms with Gasteiger partial charge in [0.1, 0.15) is 35.1 Å². The third kappa shape index (κ3) is 5.80. The number of nitrogens with one attached hydrogen (secondary N) is 2. The van der Waals surface area contributed by atoms with Crippen LogP contribution in [0, 0.1) is 0 Å². The van der Waals surface area contributed by atoms with E-state index in [1.54, 1.807) is 26.5 Å². The molecule has 1 atom stereocenters. The Morgan fingerprint density at radius 3 is 2.81 bits per heavy atom. The lowest BCUT2D eigenvalue weighted by molar-refractivity contribution is 0.146. The summed E-state index contributed by atoms with van der Waals surface area (Å²) < 4.78 is 16.2. The van der Waals surface area contributed by atoms with E-state index in [-0.39, 0.29) is 12.2 Å². The first kappa shape index (κ1) is 20.9. The molecule has 27 heavy (non-hydrogen) atoms. The molecule has 0 saturated carbocycles. The zero-order chi connectivity index (χ0) is 19.8. The minimum Gasteiger partial charge on any atom is -0.496 e. The van der Waals surface area contributed by atoms with Crippen LogP contribution >= 0.6 is 11.6 Å². The smallest absolute Gasteiger partial charge is 0.140 e. The summed E-state index contributed by atoms with van der Waals surface area (Å²) in [6.45, 7) is 4.84. The maximum atomic E-state index is 6.54. The highest BCUT2D eigenvalue weighted by molar-refractivity contribution is 6.35. The molecule has 1 unspecified atom stereocenters. The van der Waals surface area contributed by atoms with Gasteiger partial charge in [-0.1, -0.05) is 11.6 Å². The lowest BCUT2D eigenvalue weighted by atomic mass is 10.1. The second-order valence-electron chi connectivity index (χ2n) is 6.15. The van der Waals surface area contributed by atoms with Crippen molar-refractivity contribution < 1.29 is 14.2 Å². The third-order valence-corrected chi connectivity index (χ3v) is 4.07. The first-order valence-electron chi connectivity index (χ1n) is 8.69. The Hall–Kier alpha value is -2.38. The van der Waals surface area contributed by atoms with E-state index in [1.807, 2.05) is 32.1 Å². The summed E-state index contributed by atoms with van der Waals surface area (Å²) in [6.07, 6.45) is 5.14. The second-order valence-corrected chi connectivity index (χ2v) is 6.52. The molecule has 0 fully saturated rings. The SMILES string of the molecule is COCCOc1ccc2c(c1Cl)NC(N/C=C\C(N)=NC(C)C)C=C2OC. The van der Waals surface area contributed by atoms with Gasteiger partial charge in [0.05, 0.1) is 19.4 Å². The minimum atomic E-state index is -0.234. The van der Waals surface area contributed by atoms with E-state index < -0.39 is 0 Å². The summed E-state index contributed by atoms with van der Waals surface area (Å²) in [5, 5.41) is 7.02. The van der Waals surface area contributed by atoms with Gasteiger partial charge in [0, 0.05) is 31.0 Å². The van der Waals surface area contributed by atoms with Crippen LogP contribution in [0.3, 0.4) is 0 Å². The van der Waals surface area contributed by atoms with Crippen molar-refractivity contribution in [3.8, 4) is 5.75 Å². The lowest BCUT2D eigenvalue weighted by Gasteiger charge is -2.27. The largest absolute Gasteiger partial charge is 0.496 e. The van der Waals surface area contributed by atoms with Crippen LogP contribution in [0.25, 0.3) is 5.76 Å². The Labute approximate surface area is 165 Å². The van der Waals surface area contributed by atoms with Crippen molar-refractivity contribution in [1.29, 1.82) is 0 Å². The maximum Gasteiger partial charge on any atom is 0.140 e. The summed E-state index contributed by atoms with van der Waals surface area (Å²) in [7, 11) is 3.25. The summed E-state index contributed by atoms with van der Waals surface area (Å²) in [4.78, 5) is 4.25. The van der Waals surface area contributed by atoms with Crippen LogP contribution in [-0.4, -0.2) is 45.5 Å². The molecule has 0 saturated heterocycles. The summed E-state index contributed by atoms with van der Waals surface area (Å²) >= 11 is 6.54. The molecule has 0 aromatic heterocycles. The molecule has 1 aromatic carbocycles. The maximum absolute atomic E-state index is 6.54. The van der Waals surface area contributed by atoms with Crippen LogP contribution in [0.4, 0.5) is 5.69 Å². The van der Waals surface area contributed by atoms with Gasteiger partial charge in [0.25, 0.3) is 0 Å². The average molecular weight is 395 g/mol. The van der Waals surface area contributed by atoms with Crippen molar-refractivity contribution in [2.45, 2.75) is 26.1 Å². The number of benzene rings is 1. The molecule has 1 aliphatic rings. The Balaban J connectivity index is 2.16. The van der Waals surface area contributed by atoms with Crippen molar-refractivity contribution in [2.75, 3.05) is 32.8 Å². The van der Waals surface area contributed by atoms with E-state index in [2.05, 4.69) is 15.6 Å². The number of amidine groups is 1. The number of hydrogen-bond donors (Lipinski definition) is 3. The predicted molar refractivity (Wildman–Crippen MR) is 110 cm³/mol. The topological polar surface area (TPSA) is 90.1 Å². The number of nitrogens with two attached hydrogens (primary N) is 1. The Kier molecular flexibility index (Phi) is 7.82. The molecule has 0 spiro atoms. The van der Waals surface area contributed by atoms with Gasteiger partial charge in [-0.25, -0.2) is 0 Å². The number of aliphatic imine (C=N–C) groups is 1. The van der Waals surface area contributed by atoms with Gasteiger partial charge in [-0.05, 0) is 32.1 Å². The van der Waals surface area contributed by atoms with Crippen LogP contribution in [0.1, 0.15) is 19.4 Å². The highest BCUT2D eigenvalue weighted by Gasteiger charge is 2.23. The van der Waals surface area contributed by atoms with Crippen molar-refractivity contribution >= 4 is 28.9 Å². The molecule has 148 valence electrons. The molecule has 0 amide bonds. The summed E-state index contributed by atoms with van der Waals surface area (Å²) in [5.41, 5.74) is 7.44. The molecule has 1 aromatic rings. The molecule has 4 N–H and O–H groups in total. The van der Waals surface area contributed by atoms with E-state index in [1.165, 1.54) is 0 Å². The predicted octanol–water partition coefficient (Wildman–Crippen LogP) is 2.97. The van der Waals surface area contributed by atoms with E-state index in [0.717, 1.165) is 11.3 Å². The van der Waals surface area contributed by atoms with Crippen LogP contribution < -0.4 is 21.1 Å². The molecule has 1 aliphatic heterocycles. The van der Waals surface area contributed by atoms with Gasteiger partial charge in [-0.2, -0.15) is 0 Å². The Bertz CT molecular complexity index is 732. The molecule has 8 heteroatoms. The fourth-order valence-corrected chi connectivity index (χ4v) is 2.81. The molecule has 0 aliphatic carbocycles. The van der Waals surface area contributed by atoms with Crippen molar-refractivity contribution in [3.05, 3.63) is 41.1 Å². The van der Waals surface area contributed by atoms with Crippen molar-refractivity contribution in [3.63, 3.8) is 0 Å². The van der Waals surface area contributed by atoms with E-state index in [0.29, 0.717) is 35.6 Å². The molecular weight excluding hydrogens is 368 g/mol. The third-order valence-electron chi connectivity index (χ3n) is 3.69. The van der Waals surface area contributed by atoms with Crippen LogP contribution in [-0.2, 0) is 9.47 Å². The van der Waals surface area contributed by atoms with E-state index in [9.17, 15) is 0 Å². The summed E-state index contributed by atoms with van der Waals surface area (Å²) in [6, 6.07) is 3.87. The lowest BCUT2D eigenvalue weighted by Crippen LogP contribution is -2.34. The molecule has 2 rings (SSSR count). The van der Waals surface area contributed by atoms with Crippen molar-refractivity contribution in [2.24, 2.45) is 10.7 Å². The first-order chi connectivity index (χ1) is 13.0. The number of halogens is 1. The van der Waals surface area contributed by atoms with Gasteiger partial charge in [-0.3, -0.25) is 4.99 Å². The molecule has 1 heterocycles. The van der Waals surface area contributed by atoms with Gasteiger partial charge in [0.15, 0.2) is 0 Å². The normalized spacial score (nSPS) is 16.7. The number of methoxy groups -OCH3 is 2. The second kappa shape index (κ2) is 10.1. The van der Waals surface area contributed by atoms with Gasteiger partial charge < -0.3 is 30.6 Å². The summed E-state index contributed by atoms with van der Waals surface area (Å²) in [5.74, 6) is 1.75. The number of ether oxygens (including phenoxy) is 3. The number of hydrogen-bond acceptors (Lipinski definition) is 6. The molecule has 0 bridgehead atoms. The monoisotopic (exact) mass is 394 g/mol. The van der Waals surface area contributed by atoms with E-state index >= 15 is 0 Å². The fraction of sp³-hybridized carbons (Fsp3) is 0.421. The molecule has 7 nitrogen and oxygen atoms in total. The number of nitrogens with zero attached hydrogens (tertiary/aromatic N) is 1. The number of rotatable bonds is 9.